The van der Waals surface area contributed by atoms with Crippen LogP contribution in [0.25, 0.3) is 0 Å². The SMILES string of the molecule is CN(CCS(=O)(=O)c1ccc(Br)cc1)CC(=O)Nc1c(Cl)cccc1Cl. The van der Waals surface area contributed by atoms with Crippen LogP contribution in [0.15, 0.2) is 51.8 Å². The highest BCUT2D eigenvalue weighted by molar-refractivity contribution is 9.10. The van der Waals surface area contributed by atoms with E-state index >= 15 is 0 Å². The molecular formula is C17H17BrCl2N2O3S. The van der Waals surface area contributed by atoms with E-state index in [1.54, 1.807) is 54.4 Å². The molecule has 140 valence electrons. The highest BCUT2D eigenvalue weighted by Crippen LogP contribution is 2.29. The minimum Gasteiger partial charge on any atom is -0.322 e. The normalized spacial score (nSPS) is 11.6. The Balaban J connectivity index is 1.91. The van der Waals surface area contributed by atoms with Crippen LogP contribution >= 0.6 is 39.1 Å². The van der Waals surface area contributed by atoms with Gasteiger partial charge in [-0.05, 0) is 43.4 Å². The van der Waals surface area contributed by atoms with E-state index in [9.17, 15) is 13.2 Å². The summed E-state index contributed by atoms with van der Waals surface area (Å²) in [5, 5.41) is 3.32. The fourth-order valence-corrected chi connectivity index (χ4v) is 4.25. The van der Waals surface area contributed by atoms with Gasteiger partial charge in [-0.1, -0.05) is 45.2 Å². The van der Waals surface area contributed by atoms with Gasteiger partial charge < -0.3 is 5.32 Å². The number of anilines is 1. The number of halogens is 3. The minimum absolute atomic E-state index is 0.0113. The van der Waals surface area contributed by atoms with Crippen LogP contribution in [0, 0.1) is 0 Å². The number of hydrogen-bond donors (Lipinski definition) is 1. The Labute approximate surface area is 171 Å². The number of amides is 1. The first-order chi connectivity index (χ1) is 12.2. The van der Waals surface area contributed by atoms with E-state index in [1.807, 2.05) is 0 Å². The van der Waals surface area contributed by atoms with Crippen molar-refractivity contribution < 1.29 is 13.2 Å². The van der Waals surface area contributed by atoms with Crippen LogP contribution in [-0.4, -0.2) is 45.1 Å². The molecule has 0 saturated carbocycles. The lowest BCUT2D eigenvalue weighted by atomic mass is 10.3. The summed E-state index contributed by atoms with van der Waals surface area (Å²) in [6.45, 7) is 0.222. The Kier molecular flexibility index (Phi) is 7.49. The van der Waals surface area contributed by atoms with Crippen molar-refractivity contribution in [3.63, 3.8) is 0 Å². The van der Waals surface area contributed by atoms with Gasteiger partial charge in [-0.15, -0.1) is 0 Å². The number of likely N-dealkylation sites (N-methyl/N-ethyl adjacent to an activating group) is 1. The Morgan fingerprint density at radius 2 is 1.69 bits per heavy atom. The molecule has 0 bridgehead atoms. The van der Waals surface area contributed by atoms with Crippen molar-refractivity contribution in [3.8, 4) is 0 Å². The second-order valence-electron chi connectivity index (χ2n) is 5.66. The summed E-state index contributed by atoms with van der Waals surface area (Å²) < 4.78 is 25.5. The van der Waals surface area contributed by atoms with Gasteiger partial charge in [0, 0.05) is 11.0 Å². The summed E-state index contributed by atoms with van der Waals surface area (Å²) >= 11 is 15.3. The number of carbonyl (C=O) groups excluding carboxylic acids is 1. The molecule has 0 saturated heterocycles. The van der Waals surface area contributed by atoms with Gasteiger partial charge in [0.15, 0.2) is 9.84 Å². The summed E-state index contributed by atoms with van der Waals surface area (Å²) in [6, 6.07) is 11.4. The molecule has 0 aliphatic heterocycles. The van der Waals surface area contributed by atoms with E-state index in [4.69, 9.17) is 23.2 Å². The fourth-order valence-electron chi connectivity index (χ4n) is 2.16. The molecule has 5 nitrogen and oxygen atoms in total. The van der Waals surface area contributed by atoms with Crippen molar-refractivity contribution in [2.45, 2.75) is 4.90 Å². The van der Waals surface area contributed by atoms with Gasteiger partial charge in [0.1, 0.15) is 0 Å². The zero-order valence-corrected chi connectivity index (χ0v) is 17.8. The topological polar surface area (TPSA) is 66.5 Å². The van der Waals surface area contributed by atoms with Crippen molar-refractivity contribution in [2.24, 2.45) is 0 Å². The van der Waals surface area contributed by atoms with Crippen LogP contribution in [-0.2, 0) is 14.6 Å². The maximum absolute atomic E-state index is 12.3. The second kappa shape index (κ2) is 9.19. The van der Waals surface area contributed by atoms with Gasteiger partial charge in [0.05, 0.1) is 32.9 Å². The zero-order chi connectivity index (χ0) is 19.3. The van der Waals surface area contributed by atoms with Crippen LogP contribution in [0.3, 0.4) is 0 Å². The number of sulfone groups is 1. The Morgan fingerprint density at radius 3 is 2.27 bits per heavy atom. The van der Waals surface area contributed by atoms with Crippen molar-refractivity contribution in [1.82, 2.24) is 4.90 Å². The molecule has 0 aromatic heterocycles. The van der Waals surface area contributed by atoms with E-state index < -0.39 is 9.84 Å². The van der Waals surface area contributed by atoms with E-state index in [0.717, 1.165) is 4.47 Å². The molecule has 0 fully saturated rings. The maximum Gasteiger partial charge on any atom is 0.238 e. The summed E-state index contributed by atoms with van der Waals surface area (Å²) in [5.74, 6) is -0.422. The number of hydrogen-bond acceptors (Lipinski definition) is 4. The zero-order valence-electron chi connectivity index (χ0n) is 13.9. The predicted octanol–water partition coefficient (Wildman–Crippen LogP) is 4.10. The molecule has 0 aliphatic carbocycles. The standard InChI is InChI=1S/C17H17BrCl2N2O3S/c1-22(9-10-26(24,25)13-7-5-12(18)6-8-13)11-16(23)21-17-14(19)3-2-4-15(17)20/h2-8H,9-11H2,1H3,(H,21,23). The number of rotatable bonds is 7. The molecule has 0 atom stereocenters. The molecule has 0 aliphatic rings. The van der Waals surface area contributed by atoms with Crippen LogP contribution < -0.4 is 5.32 Å². The Hall–Kier alpha value is -1.12. The lowest BCUT2D eigenvalue weighted by Crippen LogP contribution is -2.33. The van der Waals surface area contributed by atoms with Gasteiger partial charge in [-0.3, -0.25) is 9.69 Å². The highest BCUT2D eigenvalue weighted by atomic mass is 79.9. The van der Waals surface area contributed by atoms with Crippen molar-refractivity contribution in [3.05, 3.63) is 57.0 Å². The van der Waals surface area contributed by atoms with E-state index in [2.05, 4.69) is 21.2 Å². The first kappa shape index (κ1) is 21.2. The minimum atomic E-state index is -3.42. The molecule has 2 aromatic rings. The highest BCUT2D eigenvalue weighted by Gasteiger charge is 2.17. The van der Waals surface area contributed by atoms with Crippen LogP contribution in [0.4, 0.5) is 5.69 Å². The molecule has 2 rings (SSSR count). The number of carbonyl (C=O) groups is 1. The van der Waals surface area contributed by atoms with E-state index in [-0.39, 0.29) is 29.6 Å². The van der Waals surface area contributed by atoms with Crippen LogP contribution in [0.5, 0.6) is 0 Å². The first-order valence-corrected chi connectivity index (χ1v) is 10.8. The maximum atomic E-state index is 12.3. The average Bonchev–Trinajstić information content (AvgIpc) is 2.57. The third-order valence-corrected chi connectivity index (χ3v) is 6.42. The lowest BCUT2D eigenvalue weighted by molar-refractivity contribution is -0.117. The third kappa shape index (κ3) is 5.96. The second-order valence-corrected chi connectivity index (χ2v) is 9.49. The molecule has 1 amide bonds. The smallest absolute Gasteiger partial charge is 0.238 e. The van der Waals surface area contributed by atoms with Gasteiger partial charge in [0.25, 0.3) is 0 Å². The summed E-state index contributed by atoms with van der Waals surface area (Å²) in [4.78, 5) is 14.0. The lowest BCUT2D eigenvalue weighted by Gasteiger charge is -2.17. The van der Waals surface area contributed by atoms with Crippen LogP contribution in [0.2, 0.25) is 10.0 Å². The van der Waals surface area contributed by atoms with Crippen molar-refractivity contribution >= 4 is 60.6 Å². The monoisotopic (exact) mass is 478 g/mol. The Morgan fingerprint density at radius 1 is 1.12 bits per heavy atom. The van der Waals surface area contributed by atoms with E-state index in [1.165, 1.54) is 0 Å². The fraction of sp³-hybridized carbons (Fsp3) is 0.235. The molecular weight excluding hydrogens is 463 g/mol. The van der Waals surface area contributed by atoms with E-state index in [0.29, 0.717) is 15.7 Å². The van der Waals surface area contributed by atoms with Crippen molar-refractivity contribution in [1.29, 1.82) is 0 Å². The van der Waals surface area contributed by atoms with Crippen LogP contribution in [0.1, 0.15) is 0 Å². The number of para-hydroxylation sites is 1. The molecule has 2 aromatic carbocycles. The predicted molar refractivity (Wildman–Crippen MR) is 109 cm³/mol. The molecule has 0 radical (unpaired) electrons. The van der Waals surface area contributed by atoms with Gasteiger partial charge in [-0.2, -0.15) is 0 Å². The summed E-state index contributed by atoms with van der Waals surface area (Å²) in [5.41, 5.74) is 0.344. The third-order valence-electron chi connectivity index (χ3n) is 3.56. The molecule has 9 heteroatoms. The number of nitrogens with one attached hydrogen (secondary N) is 1. The largest absolute Gasteiger partial charge is 0.322 e. The molecule has 1 N–H and O–H groups in total. The Bertz CT molecular complexity index is 869. The average molecular weight is 480 g/mol. The van der Waals surface area contributed by atoms with Gasteiger partial charge >= 0.3 is 0 Å². The number of nitrogens with zero attached hydrogens (tertiary/aromatic N) is 1. The van der Waals surface area contributed by atoms with Crippen molar-refractivity contribution in [2.75, 3.05) is 31.2 Å². The summed E-state index contributed by atoms with van der Waals surface area (Å²) in [7, 11) is -1.75. The molecule has 0 spiro atoms. The number of benzene rings is 2. The molecule has 0 unspecified atom stereocenters. The van der Waals surface area contributed by atoms with Gasteiger partial charge in [-0.25, -0.2) is 8.42 Å². The quantitative estimate of drug-likeness (QED) is 0.649. The molecule has 0 heterocycles. The summed E-state index contributed by atoms with van der Waals surface area (Å²) in [6.07, 6.45) is 0. The van der Waals surface area contributed by atoms with Gasteiger partial charge in [0.2, 0.25) is 5.91 Å². The first-order valence-electron chi connectivity index (χ1n) is 7.60. The molecule has 26 heavy (non-hydrogen) atoms.